The van der Waals surface area contributed by atoms with E-state index < -0.39 is 24.7 Å². The minimum atomic E-state index is -2.14. The quantitative estimate of drug-likeness (QED) is 0.684. The summed E-state index contributed by atoms with van der Waals surface area (Å²) in [5, 5.41) is 11.4. The average Bonchev–Trinajstić information content (AvgIpc) is 3.25. The molecule has 0 bridgehead atoms. The molecular formula is C19H28NO3+. The molecule has 1 saturated heterocycles. The number of likely N-dealkylation sites (tertiary alicyclic amines) is 1. The Labute approximate surface area is 142 Å². The third-order valence-corrected chi connectivity index (χ3v) is 5.30. The summed E-state index contributed by atoms with van der Waals surface area (Å²) in [4.78, 5) is 13.0. The van der Waals surface area contributed by atoms with E-state index >= 15 is 0 Å². The lowest BCUT2D eigenvalue weighted by atomic mass is 9.80. The summed E-state index contributed by atoms with van der Waals surface area (Å²) in [6.45, 7) is -1.46. The van der Waals surface area contributed by atoms with Crippen LogP contribution >= 0.6 is 0 Å². The van der Waals surface area contributed by atoms with Gasteiger partial charge in [-0.2, -0.15) is 0 Å². The van der Waals surface area contributed by atoms with Gasteiger partial charge >= 0.3 is 5.97 Å². The zero-order chi connectivity index (χ0) is 19.0. The third kappa shape index (κ3) is 3.29. The molecule has 2 fully saturated rings. The molecule has 1 unspecified atom stereocenters. The summed E-state index contributed by atoms with van der Waals surface area (Å²) in [6, 6.07) is 8.98. The minimum absolute atomic E-state index is 0.113. The standard InChI is InChI=1S/C19H28NO3/c1-20(2)13-12-17(14-20)23-18(21)19(22,16-10-6-7-11-16)15-8-4-3-5-9-15/h3-5,8-9,16-17,22H,6-7,10-14H2,1-2H3/q+1/t17-,19+/m0/s1/i1D3/t17-,19+,20?. The summed E-state index contributed by atoms with van der Waals surface area (Å²) < 4.78 is 28.7. The van der Waals surface area contributed by atoms with Crippen molar-refractivity contribution in [3.63, 3.8) is 0 Å². The van der Waals surface area contributed by atoms with Gasteiger partial charge in [0.2, 0.25) is 0 Å². The molecule has 1 N–H and O–H groups in total. The Bertz CT molecular complexity index is 645. The zero-order valence-corrected chi connectivity index (χ0v) is 13.7. The smallest absolute Gasteiger partial charge is 0.343 e. The van der Waals surface area contributed by atoms with E-state index in [1.165, 1.54) is 0 Å². The number of hydrogen-bond acceptors (Lipinski definition) is 3. The van der Waals surface area contributed by atoms with Crippen LogP contribution in [0, 0.1) is 5.92 Å². The lowest BCUT2D eigenvalue weighted by Crippen LogP contribution is -2.46. The molecule has 1 aromatic carbocycles. The van der Waals surface area contributed by atoms with Crippen LogP contribution in [-0.4, -0.2) is 48.8 Å². The van der Waals surface area contributed by atoms with E-state index in [4.69, 9.17) is 8.85 Å². The van der Waals surface area contributed by atoms with Crippen LogP contribution in [0.5, 0.6) is 0 Å². The van der Waals surface area contributed by atoms with Gasteiger partial charge in [-0.3, -0.25) is 0 Å². The second kappa shape index (κ2) is 6.25. The number of quaternary nitrogens is 1. The van der Waals surface area contributed by atoms with Crippen molar-refractivity contribution in [3.8, 4) is 0 Å². The van der Waals surface area contributed by atoms with E-state index in [9.17, 15) is 9.90 Å². The first-order chi connectivity index (χ1) is 12.2. The van der Waals surface area contributed by atoms with Crippen molar-refractivity contribution in [3.05, 3.63) is 35.9 Å². The zero-order valence-electron chi connectivity index (χ0n) is 16.7. The highest BCUT2D eigenvalue weighted by molar-refractivity contribution is 5.81. The number of nitrogens with zero attached hydrogens (tertiary/aromatic N) is 1. The highest BCUT2D eigenvalue weighted by Crippen LogP contribution is 2.42. The Morgan fingerprint density at radius 1 is 1.30 bits per heavy atom. The molecule has 1 saturated carbocycles. The predicted octanol–water partition coefficient (Wildman–Crippen LogP) is 2.46. The molecule has 4 nitrogen and oxygen atoms in total. The largest absolute Gasteiger partial charge is 0.454 e. The normalized spacial score (nSPS) is 33.5. The Morgan fingerprint density at radius 3 is 2.61 bits per heavy atom. The van der Waals surface area contributed by atoms with Crippen LogP contribution in [0.1, 0.15) is 41.8 Å². The molecule has 2 aliphatic rings. The first-order valence-electron chi connectivity index (χ1n) is 10.0. The average molecular weight is 321 g/mol. The lowest BCUT2D eigenvalue weighted by molar-refractivity contribution is -0.879. The van der Waals surface area contributed by atoms with Crippen molar-refractivity contribution in [2.24, 2.45) is 5.92 Å². The first-order valence-corrected chi connectivity index (χ1v) is 8.50. The molecule has 126 valence electrons. The van der Waals surface area contributed by atoms with Gasteiger partial charge in [0.25, 0.3) is 0 Å². The number of carbonyl (C=O) groups excluding carboxylic acids is 1. The van der Waals surface area contributed by atoms with Gasteiger partial charge in [0, 0.05) is 12.3 Å². The molecule has 4 heteroatoms. The Balaban J connectivity index is 1.79. The fourth-order valence-electron chi connectivity index (χ4n) is 3.95. The van der Waals surface area contributed by atoms with E-state index in [1.807, 2.05) is 6.07 Å². The lowest BCUT2D eigenvalue weighted by Gasteiger charge is -2.33. The maximum absolute atomic E-state index is 13.0. The van der Waals surface area contributed by atoms with Crippen LogP contribution < -0.4 is 0 Å². The molecule has 3 atom stereocenters. The van der Waals surface area contributed by atoms with Crippen LogP contribution in [0.4, 0.5) is 0 Å². The number of aliphatic hydroxyl groups is 1. The van der Waals surface area contributed by atoms with Crippen LogP contribution in [0.2, 0.25) is 0 Å². The van der Waals surface area contributed by atoms with Crippen molar-refractivity contribution in [2.45, 2.75) is 43.8 Å². The van der Waals surface area contributed by atoms with Gasteiger partial charge in [-0.25, -0.2) is 4.79 Å². The van der Waals surface area contributed by atoms with Crippen LogP contribution in [0.3, 0.4) is 0 Å². The van der Waals surface area contributed by atoms with Crippen molar-refractivity contribution >= 4 is 5.97 Å². The van der Waals surface area contributed by atoms with Gasteiger partial charge in [0.15, 0.2) is 11.7 Å². The highest BCUT2D eigenvalue weighted by Gasteiger charge is 2.49. The summed E-state index contributed by atoms with van der Waals surface area (Å²) in [7, 11) is 1.67. The third-order valence-electron chi connectivity index (χ3n) is 5.30. The number of rotatable bonds is 4. The molecular weight excluding hydrogens is 290 g/mol. The van der Waals surface area contributed by atoms with E-state index in [-0.39, 0.29) is 16.9 Å². The molecule has 1 aromatic rings. The molecule has 3 rings (SSSR count). The van der Waals surface area contributed by atoms with Crippen molar-refractivity contribution in [1.29, 1.82) is 0 Å². The molecule has 0 aromatic heterocycles. The van der Waals surface area contributed by atoms with Crippen LogP contribution in [0.15, 0.2) is 30.3 Å². The van der Waals surface area contributed by atoms with Gasteiger partial charge in [0.05, 0.1) is 24.7 Å². The monoisotopic (exact) mass is 321 g/mol. The molecule has 1 heterocycles. The molecule has 1 aliphatic heterocycles. The second-order valence-electron chi connectivity index (χ2n) is 7.23. The number of carbonyl (C=O) groups is 1. The molecule has 0 spiro atoms. The molecule has 1 aliphatic carbocycles. The van der Waals surface area contributed by atoms with E-state index in [0.717, 1.165) is 25.7 Å². The summed E-state index contributed by atoms with van der Waals surface area (Å²) in [5.41, 5.74) is -1.10. The van der Waals surface area contributed by atoms with E-state index in [1.54, 1.807) is 31.3 Å². The molecule has 23 heavy (non-hydrogen) atoms. The summed E-state index contributed by atoms with van der Waals surface area (Å²) in [6.07, 6.45) is 3.57. The fourth-order valence-corrected chi connectivity index (χ4v) is 3.95. The topological polar surface area (TPSA) is 46.5 Å². The number of benzene rings is 1. The van der Waals surface area contributed by atoms with Crippen LogP contribution in [0.25, 0.3) is 0 Å². The van der Waals surface area contributed by atoms with Gasteiger partial charge in [-0.1, -0.05) is 43.2 Å². The Kier molecular flexibility index (Phi) is 3.52. The van der Waals surface area contributed by atoms with E-state index in [0.29, 0.717) is 18.5 Å². The van der Waals surface area contributed by atoms with Gasteiger partial charge in [-0.05, 0) is 18.4 Å². The number of ether oxygens (including phenoxy) is 1. The van der Waals surface area contributed by atoms with Gasteiger partial charge in [0.1, 0.15) is 6.54 Å². The van der Waals surface area contributed by atoms with E-state index in [2.05, 4.69) is 0 Å². The van der Waals surface area contributed by atoms with Gasteiger partial charge < -0.3 is 14.3 Å². The highest BCUT2D eigenvalue weighted by atomic mass is 16.6. The first kappa shape index (κ1) is 13.0. The fraction of sp³-hybridized carbons (Fsp3) is 0.632. The van der Waals surface area contributed by atoms with Crippen molar-refractivity contribution < 1.29 is 23.2 Å². The second-order valence-corrected chi connectivity index (χ2v) is 7.23. The SMILES string of the molecule is [2H]C([2H])([2H])[N+]1(C)CC[C@H](OC(=O)[C@@](O)(c2ccccc2)C2CCCC2)C1. The van der Waals surface area contributed by atoms with Crippen molar-refractivity contribution in [1.82, 2.24) is 0 Å². The Hall–Kier alpha value is -1.39. The van der Waals surface area contributed by atoms with Crippen LogP contribution in [-0.2, 0) is 15.1 Å². The summed E-state index contributed by atoms with van der Waals surface area (Å²) in [5.74, 6) is -0.804. The van der Waals surface area contributed by atoms with Gasteiger partial charge in [-0.15, -0.1) is 0 Å². The number of esters is 1. The molecule has 0 radical (unpaired) electrons. The van der Waals surface area contributed by atoms with Crippen molar-refractivity contribution in [2.75, 3.05) is 27.1 Å². The number of likely N-dealkylation sites (N-methyl/N-ethyl adjacent to an activating group) is 1. The maximum atomic E-state index is 13.0. The number of hydrogen-bond donors (Lipinski definition) is 1. The summed E-state index contributed by atoms with van der Waals surface area (Å²) >= 11 is 0. The minimum Gasteiger partial charge on any atom is -0.454 e. The predicted molar refractivity (Wildman–Crippen MR) is 88.6 cm³/mol. The maximum Gasteiger partial charge on any atom is 0.343 e. The Morgan fingerprint density at radius 2 is 2.00 bits per heavy atom. The molecule has 0 amide bonds.